The molecule has 1 aliphatic rings. The van der Waals surface area contributed by atoms with Crippen LogP contribution in [0.2, 0.25) is 0 Å². The van der Waals surface area contributed by atoms with Gasteiger partial charge in [-0.3, -0.25) is 4.79 Å². The molecule has 2 rings (SSSR count). The molecule has 1 amide bonds. The van der Waals surface area contributed by atoms with E-state index in [1.165, 1.54) is 0 Å². The normalized spacial score (nSPS) is 21.3. The number of rotatable bonds is 10. The maximum absolute atomic E-state index is 13.2. The first-order valence-electron chi connectivity index (χ1n) is 11.3. The summed E-state index contributed by atoms with van der Waals surface area (Å²) in [6, 6.07) is 8.72. The number of benzene rings is 1. The Bertz CT molecular complexity index is 869. The van der Waals surface area contributed by atoms with Crippen LogP contribution in [0.25, 0.3) is 0 Å². The van der Waals surface area contributed by atoms with Crippen LogP contribution in [0, 0.1) is 11.8 Å². The van der Waals surface area contributed by atoms with Gasteiger partial charge in [0.2, 0.25) is 0 Å². The number of carbonyl (C=O) groups excluding carboxylic acids is 2. The first-order chi connectivity index (χ1) is 16.0. The average Bonchev–Trinajstić information content (AvgIpc) is 2.76. The summed E-state index contributed by atoms with van der Waals surface area (Å²) < 4.78 is 38.7. The largest absolute Gasteiger partial charge is 0.465 e. The van der Waals surface area contributed by atoms with Crippen molar-refractivity contribution >= 4 is 37.6 Å². The van der Waals surface area contributed by atoms with Crippen LogP contribution in [0.3, 0.4) is 0 Å². The van der Waals surface area contributed by atoms with Crippen LogP contribution in [0.4, 0.5) is 4.79 Å². The molecule has 0 spiro atoms. The van der Waals surface area contributed by atoms with E-state index in [-0.39, 0.29) is 33.3 Å². The molecule has 0 aliphatic heterocycles. The first kappa shape index (κ1) is 28.7. The molecule has 0 bridgehead atoms. The quantitative estimate of drug-likeness (QED) is 0.275. The number of para-hydroxylation sites is 1. The van der Waals surface area contributed by atoms with Crippen LogP contribution in [0.5, 0.6) is 5.75 Å². The molecule has 9 nitrogen and oxygen atoms in total. The third-order valence-corrected chi connectivity index (χ3v) is 8.27. The number of hydrogen-bond donors (Lipinski definition) is 1. The molecule has 34 heavy (non-hydrogen) atoms. The Morgan fingerprint density at radius 3 is 2.44 bits per heavy atom. The average molecular weight is 532 g/mol. The predicted molar refractivity (Wildman–Crippen MR) is 135 cm³/mol. The minimum atomic E-state index is -3.63. The van der Waals surface area contributed by atoms with Crippen molar-refractivity contribution in [3.8, 4) is 5.75 Å². The van der Waals surface area contributed by atoms with E-state index in [1.54, 1.807) is 31.2 Å². The summed E-state index contributed by atoms with van der Waals surface area (Å²) in [5.41, 5.74) is -0.531. The van der Waals surface area contributed by atoms with Gasteiger partial charge in [0, 0.05) is 6.04 Å². The Balaban J connectivity index is 1.79. The van der Waals surface area contributed by atoms with Crippen molar-refractivity contribution in [3.05, 3.63) is 30.3 Å². The second kappa shape index (κ2) is 13.5. The molecule has 2 unspecified atom stereocenters. The van der Waals surface area contributed by atoms with E-state index in [0.717, 1.165) is 25.7 Å². The van der Waals surface area contributed by atoms with E-state index in [4.69, 9.17) is 18.3 Å². The second-order valence-electron chi connectivity index (χ2n) is 9.37. The van der Waals surface area contributed by atoms with Crippen LogP contribution in [-0.4, -0.2) is 36.5 Å². The van der Waals surface area contributed by atoms with Crippen molar-refractivity contribution in [1.82, 2.24) is 5.32 Å². The molecule has 190 valence electrons. The molecule has 1 saturated carbocycles. The predicted octanol–water partition coefficient (Wildman–Crippen LogP) is 6.37. The molecular formula is C22H35N2O7P3. The number of ether oxygens (including phenoxy) is 2. The number of carbonyl (C=O) groups is 2. The van der Waals surface area contributed by atoms with Gasteiger partial charge in [0.1, 0.15) is 11.4 Å². The van der Waals surface area contributed by atoms with E-state index < -0.39 is 31.2 Å². The minimum Gasteiger partial charge on any atom is -0.465 e. The number of nitrogens with zero attached hydrogens (tertiary/aromatic N) is 1. The fourth-order valence-electron chi connectivity index (χ4n) is 3.51. The Hall–Kier alpha value is -1.52. The van der Waals surface area contributed by atoms with E-state index in [9.17, 15) is 14.2 Å². The summed E-state index contributed by atoms with van der Waals surface area (Å²) in [5, 5.41) is 2.90. The van der Waals surface area contributed by atoms with Crippen molar-refractivity contribution in [2.75, 3.05) is 12.8 Å². The molecule has 1 N–H and O–H groups in total. The fourth-order valence-corrected chi connectivity index (χ4v) is 6.24. The Labute approximate surface area is 205 Å². The van der Waals surface area contributed by atoms with Gasteiger partial charge in [-0.05, 0) is 73.9 Å². The Morgan fingerprint density at radius 1 is 1.21 bits per heavy atom. The highest BCUT2D eigenvalue weighted by Crippen LogP contribution is 2.53. The number of amides is 1. The van der Waals surface area contributed by atoms with Crippen molar-refractivity contribution in [3.63, 3.8) is 0 Å². The third kappa shape index (κ3) is 10.8. The number of nitrogens with one attached hydrogen (secondary N) is 1. The van der Waals surface area contributed by atoms with E-state index >= 15 is 0 Å². The van der Waals surface area contributed by atoms with Gasteiger partial charge in [-0.2, -0.15) is 0 Å². The maximum Gasteiger partial charge on any atom is 0.407 e. The number of hydrogen-bond acceptors (Lipinski definition) is 8. The lowest BCUT2D eigenvalue weighted by molar-refractivity contribution is -0.149. The van der Waals surface area contributed by atoms with Crippen molar-refractivity contribution < 1.29 is 32.5 Å². The summed E-state index contributed by atoms with van der Waals surface area (Å²) in [6.45, 7) is 7.41. The molecule has 1 aliphatic carbocycles. The lowest BCUT2D eigenvalue weighted by Gasteiger charge is -2.30. The van der Waals surface area contributed by atoms with Gasteiger partial charge in [0.05, 0.1) is 18.7 Å². The fraction of sp³-hybridized carbons (Fsp3) is 0.636. The van der Waals surface area contributed by atoms with E-state index in [0.29, 0.717) is 5.75 Å². The zero-order valence-corrected chi connectivity index (χ0v) is 23.1. The maximum atomic E-state index is 13.2. The van der Waals surface area contributed by atoms with Crippen LogP contribution < -0.4 is 9.84 Å². The third-order valence-electron chi connectivity index (χ3n) is 5.12. The summed E-state index contributed by atoms with van der Waals surface area (Å²) >= 11 is 0. The van der Waals surface area contributed by atoms with Crippen LogP contribution >= 0.6 is 25.6 Å². The van der Waals surface area contributed by atoms with Crippen molar-refractivity contribution in [2.45, 2.75) is 65.0 Å². The van der Waals surface area contributed by atoms with E-state index in [2.05, 4.69) is 19.2 Å². The summed E-state index contributed by atoms with van der Waals surface area (Å²) in [6.07, 6.45) is 2.71. The zero-order chi connectivity index (χ0) is 25.2. The topological polar surface area (TPSA) is 113 Å². The van der Waals surface area contributed by atoms with E-state index in [1.807, 2.05) is 26.8 Å². The number of esters is 1. The number of alkyl carbamates (subject to hydrolysis) is 1. The van der Waals surface area contributed by atoms with Gasteiger partial charge >= 0.3 is 19.7 Å². The van der Waals surface area contributed by atoms with Gasteiger partial charge in [-0.25, -0.2) is 18.2 Å². The lowest BCUT2D eigenvalue weighted by Crippen LogP contribution is -2.41. The SMILES string of the molecule is C[C@H](CP(=O)(OP=NP)Oc1ccccc1)C(=O)OCC1CCC(NC(=O)OC(C)(C)C)CC1. The Kier molecular flexibility index (Phi) is 11.4. The molecule has 1 aromatic rings. The van der Waals surface area contributed by atoms with Gasteiger partial charge in [0.25, 0.3) is 0 Å². The molecule has 0 aromatic heterocycles. The molecular weight excluding hydrogens is 497 g/mol. The molecule has 3 atom stereocenters. The van der Waals surface area contributed by atoms with Gasteiger partial charge < -0.3 is 19.3 Å². The summed E-state index contributed by atoms with van der Waals surface area (Å²) in [5.74, 6) is -0.526. The molecule has 0 radical (unpaired) electrons. The van der Waals surface area contributed by atoms with Crippen LogP contribution in [0.15, 0.2) is 34.8 Å². The van der Waals surface area contributed by atoms with Crippen molar-refractivity contribution in [2.24, 2.45) is 16.4 Å². The molecule has 12 heteroatoms. The highest BCUT2D eigenvalue weighted by Gasteiger charge is 2.34. The first-order valence-corrected chi connectivity index (χ1v) is 14.3. The van der Waals surface area contributed by atoms with Gasteiger partial charge in [-0.15, -0.1) is 0 Å². The minimum absolute atomic E-state index is 0.0557. The summed E-state index contributed by atoms with van der Waals surface area (Å²) in [4.78, 5) is 24.5. The summed E-state index contributed by atoms with van der Waals surface area (Å²) in [7, 11) is -1.38. The molecule has 1 fully saturated rings. The highest BCUT2D eigenvalue weighted by molar-refractivity contribution is 7.59. The molecule has 0 saturated heterocycles. The second-order valence-corrected chi connectivity index (χ2v) is 12.9. The van der Waals surface area contributed by atoms with Crippen LogP contribution in [-0.2, 0) is 23.1 Å². The van der Waals surface area contributed by atoms with Crippen molar-refractivity contribution in [1.29, 1.82) is 0 Å². The monoisotopic (exact) mass is 532 g/mol. The van der Waals surface area contributed by atoms with Gasteiger partial charge in [-0.1, -0.05) is 25.1 Å². The molecule has 0 heterocycles. The van der Waals surface area contributed by atoms with Gasteiger partial charge in [0.15, 0.2) is 8.60 Å². The molecule has 1 aromatic carbocycles. The lowest BCUT2D eigenvalue weighted by atomic mass is 9.86. The zero-order valence-electron chi connectivity index (χ0n) is 20.1. The Morgan fingerprint density at radius 2 is 1.85 bits per heavy atom. The highest BCUT2D eigenvalue weighted by atomic mass is 31.2. The standard InChI is InChI=1S/C22H35N2O7P3/c1-16(15-34(27,31-33-24-32)30-19-8-6-5-7-9-19)20(25)28-14-17-10-12-18(13-11-17)23-21(26)29-22(2,3)4/h5-9,16-18H,10-15,32H2,1-4H3,(H,23,26)/t16-,17?,18?,34?/m1/s1. The van der Waals surface area contributed by atoms with Crippen LogP contribution in [0.1, 0.15) is 53.4 Å². The smallest absolute Gasteiger partial charge is 0.407 e.